The standard InChI is InChI=1S/C8H12N2OS/c11-4-8-10-7(5-12-8)6-2-1-3-9-6/h5-6,9,11H,1-4H2/t6-/m0/s1. The summed E-state index contributed by atoms with van der Waals surface area (Å²) < 4.78 is 0. The molecular formula is C8H12N2OS. The van der Waals surface area contributed by atoms with E-state index in [1.54, 1.807) is 0 Å². The number of rotatable bonds is 2. The van der Waals surface area contributed by atoms with Crippen molar-refractivity contribution < 1.29 is 5.11 Å². The fourth-order valence-electron chi connectivity index (χ4n) is 1.49. The third-order valence-electron chi connectivity index (χ3n) is 2.12. The molecule has 2 N–H and O–H groups in total. The van der Waals surface area contributed by atoms with Gasteiger partial charge in [0.05, 0.1) is 18.3 Å². The second-order valence-corrected chi connectivity index (χ2v) is 3.92. The summed E-state index contributed by atoms with van der Waals surface area (Å²) in [6, 6.07) is 0.432. The van der Waals surface area contributed by atoms with E-state index in [1.165, 1.54) is 24.2 Å². The number of hydrogen-bond donors (Lipinski definition) is 2. The van der Waals surface area contributed by atoms with Gasteiger partial charge in [0, 0.05) is 5.38 Å². The number of aromatic nitrogens is 1. The maximum atomic E-state index is 8.82. The topological polar surface area (TPSA) is 45.2 Å². The monoisotopic (exact) mass is 184 g/mol. The fourth-order valence-corrected chi connectivity index (χ4v) is 2.20. The van der Waals surface area contributed by atoms with Gasteiger partial charge in [-0.25, -0.2) is 4.98 Å². The number of hydrogen-bond acceptors (Lipinski definition) is 4. The second-order valence-electron chi connectivity index (χ2n) is 2.97. The zero-order valence-corrected chi connectivity index (χ0v) is 7.60. The molecule has 1 saturated heterocycles. The summed E-state index contributed by atoms with van der Waals surface area (Å²) in [7, 11) is 0. The Kier molecular flexibility index (Phi) is 2.39. The van der Waals surface area contributed by atoms with Gasteiger partial charge in [0.1, 0.15) is 5.01 Å². The normalized spacial score (nSPS) is 23.2. The summed E-state index contributed by atoms with van der Waals surface area (Å²) in [5.74, 6) is 0. The van der Waals surface area contributed by atoms with Gasteiger partial charge in [-0.15, -0.1) is 11.3 Å². The highest BCUT2D eigenvalue weighted by molar-refractivity contribution is 7.09. The van der Waals surface area contributed by atoms with E-state index < -0.39 is 0 Å². The third-order valence-corrected chi connectivity index (χ3v) is 2.97. The van der Waals surface area contributed by atoms with Crippen LogP contribution in [-0.2, 0) is 6.61 Å². The Hall–Kier alpha value is -0.450. The predicted octanol–water partition coefficient (Wildman–Crippen LogP) is 1.06. The highest BCUT2D eigenvalue weighted by atomic mass is 32.1. The quantitative estimate of drug-likeness (QED) is 0.722. The molecule has 0 aromatic carbocycles. The zero-order chi connectivity index (χ0) is 8.39. The molecule has 1 aliphatic rings. The Morgan fingerprint density at radius 3 is 3.25 bits per heavy atom. The minimum absolute atomic E-state index is 0.0669. The van der Waals surface area contributed by atoms with E-state index in [0.717, 1.165) is 17.2 Å². The van der Waals surface area contributed by atoms with Crippen molar-refractivity contribution in [3.63, 3.8) is 0 Å². The van der Waals surface area contributed by atoms with Crippen LogP contribution in [-0.4, -0.2) is 16.6 Å². The number of aliphatic hydroxyl groups excluding tert-OH is 1. The highest BCUT2D eigenvalue weighted by Gasteiger charge is 2.18. The summed E-state index contributed by atoms with van der Waals surface area (Å²) in [6.07, 6.45) is 2.41. The molecule has 1 atom stereocenters. The van der Waals surface area contributed by atoms with E-state index in [2.05, 4.69) is 10.3 Å². The number of aliphatic hydroxyl groups is 1. The average molecular weight is 184 g/mol. The zero-order valence-electron chi connectivity index (χ0n) is 6.79. The summed E-state index contributed by atoms with van der Waals surface area (Å²) in [5, 5.41) is 15.0. The molecule has 0 saturated carbocycles. The second kappa shape index (κ2) is 3.51. The maximum absolute atomic E-state index is 8.82. The van der Waals surface area contributed by atoms with Crippen LogP contribution >= 0.6 is 11.3 Å². The van der Waals surface area contributed by atoms with Gasteiger partial charge in [0.2, 0.25) is 0 Å². The Morgan fingerprint density at radius 2 is 2.67 bits per heavy atom. The Bertz CT molecular complexity index is 255. The lowest BCUT2D eigenvalue weighted by Crippen LogP contribution is -2.13. The molecule has 12 heavy (non-hydrogen) atoms. The van der Waals surface area contributed by atoms with Crippen LogP contribution in [0.15, 0.2) is 5.38 Å². The van der Waals surface area contributed by atoms with E-state index >= 15 is 0 Å². The van der Waals surface area contributed by atoms with E-state index in [4.69, 9.17) is 5.11 Å². The Labute approximate surface area is 75.5 Å². The van der Waals surface area contributed by atoms with Crippen LogP contribution in [0.4, 0.5) is 0 Å². The summed E-state index contributed by atoms with van der Waals surface area (Å²) in [4.78, 5) is 4.32. The van der Waals surface area contributed by atoms with Gasteiger partial charge in [-0.1, -0.05) is 0 Å². The molecule has 0 bridgehead atoms. The molecule has 4 heteroatoms. The maximum Gasteiger partial charge on any atom is 0.118 e. The number of thiazole rings is 1. The molecule has 2 heterocycles. The predicted molar refractivity (Wildman–Crippen MR) is 48.0 cm³/mol. The highest BCUT2D eigenvalue weighted by Crippen LogP contribution is 2.24. The number of nitrogens with zero attached hydrogens (tertiary/aromatic N) is 1. The fraction of sp³-hybridized carbons (Fsp3) is 0.625. The minimum Gasteiger partial charge on any atom is -0.389 e. The third kappa shape index (κ3) is 1.50. The van der Waals surface area contributed by atoms with Crippen LogP contribution < -0.4 is 5.32 Å². The van der Waals surface area contributed by atoms with Crippen molar-refractivity contribution in [2.45, 2.75) is 25.5 Å². The molecule has 66 valence electrons. The first-order valence-electron chi connectivity index (χ1n) is 4.18. The van der Waals surface area contributed by atoms with Gasteiger partial charge >= 0.3 is 0 Å². The van der Waals surface area contributed by atoms with Gasteiger partial charge in [-0.05, 0) is 19.4 Å². The molecule has 2 rings (SSSR count). The van der Waals surface area contributed by atoms with Gasteiger partial charge in [0.15, 0.2) is 0 Å². The molecule has 1 aliphatic heterocycles. The van der Waals surface area contributed by atoms with Crippen molar-refractivity contribution in [1.82, 2.24) is 10.3 Å². The molecule has 0 spiro atoms. The van der Waals surface area contributed by atoms with Crippen LogP contribution in [0.2, 0.25) is 0 Å². The van der Waals surface area contributed by atoms with E-state index in [1.807, 2.05) is 5.38 Å². The van der Waals surface area contributed by atoms with Crippen molar-refractivity contribution in [2.24, 2.45) is 0 Å². The van der Waals surface area contributed by atoms with E-state index in [9.17, 15) is 0 Å². The first kappa shape index (κ1) is 8.16. The lowest BCUT2D eigenvalue weighted by Gasteiger charge is -2.04. The smallest absolute Gasteiger partial charge is 0.118 e. The van der Waals surface area contributed by atoms with Gasteiger partial charge in [-0.3, -0.25) is 0 Å². The SMILES string of the molecule is OCc1nc([C@@H]2CCCN2)cs1. The van der Waals surface area contributed by atoms with Crippen molar-refractivity contribution in [1.29, 1.82) is 0 Å². The summed E-state index contributed by atoms with van der Waals surface area (Å²) in [5.41, 5.74) is 1.10. The largest absolute Gasteiger partial charge is 0.389 e. The van der Waals surface area contributed by atoms with Crippen LogP contribution in [0.1, 0.15) is 29.6 Å². The molecule has 1 aromatic heterocycles. The number of nitrogens with one attached hydrogen (secondary N) is 1. The summed E-state index contributed by atoms with van der Waals surface area (Å²) >= 11 is 1.54. The van der Waals surface area contributed by atoms with Crippen LogP contribution in [0, 0.1) is 0 Å². The molecule has 0 amide bonds. The van der Waals surface area contributed by atoms with E-state index in [0.29, 0.717) is 6.04 Å². The van der Waals surface area contributed by atoms with Gasteiger partial charge in [-0.2, -0.15) is 0 Å². The van der Waals surface area contributed by atoms with Crippen molar-refractivity contribution in [3.05, 3.63) is 16.1 Å². The molecule has 0 radical (unpaired) electrons. The molecule has 0 aliphatic carbocycles. The van der Waals surface area contributed by atoms with Gasteiger partial charge in [0.25, 0.3) is 0 Å². The molecule has 3 nitrogen and oxygen atoms in total. The van der Waals surface area contributed by atoms with Gasteiger partial charge < -0.3 is 10.4 Å². The van der Waals surface area contributed by atoms with Crippen molar-refractivity contribution in [3.8, 4) is 0 Å². The average Bonchev–Trinajstić information content (AvgIpc) is 2.75. The van der Waals surface area contributed by atoms with Crippen LogP contribution in [0.3, 0.4) is 0 Å². The first-order valence-corrected chi connectivity index (χ1v) is 5.06. The lowest BCUT2D eigenvalue weighted by atomic mass is 10.2. The van der Waals surface area contributed by atoms with E-state index in [-0.39, 0.29) is 6.61 Å². The first-order chi connectivity index (χ1) is 5.90. The molecular weight excluding hydrogens is 172 g/mol. The Balaban J connectivity index is 2.11. The molecule has 0 unspecified atom stereocenters. The van der Waals surface area contributed by atoms with Crippen molar-refractivity contribution >= 4 is 11.3 Å². The van der Waals surface area contributed by atoms with Crippen LogP contribution in [0.25, 0.3) is 0 Å². The lowest BCUT2D eigenvalue weighted by molar-refractivity contribution is 0.280. The van der Waals surface area contributed by atoms with Crippen LogP contribution in [0.5, 0.6) is 0 Å². The molecule has 1 aromatic rings. The minimum atomic E-state index is 0.0669. The summed E-state index contributed by atoms with van der Waals surface area (Å²) in [6.45, 7) is 1.16. The van der Waals surface area contributed by atoms with Crippen molar-refractivity contribution in [2.75, 3.05) is 6.54 Å². The Morgan fingerprint density at radius 1 is 1.75 bits per heavy atom. The molecule has 1 fully saturated rings.